The summed E-state index contributed by atoms with van der Waals surface area (Å²) in [6, 6.07) is 14.2. The van der Waals surface area contributed by atoms with E-state index in [0.29, 0.717) is 29.6 Å². The lowest BCUT2D eigenvalue weighted by molar-refractivity contribution is -0.132. The van der Waals surface area contributed by atoms with Crippen LogP contribution < -0.4 is 0 Å². The second kappa shape index (κ2) is 5.48. The van der Waals surface area contributed by atoms with Crippen LogP contribution in [0, 0.1) is 0 Å². The molecule has 0 atom stereocenters. The standard InChI is InChI=1S/C18H14O4/c19-17(20)13-7-6-11-8-9-14(18(21)22)16(15(11)10-13)12-4-2-1-3-5-12/h1-7,10H,8-9H2,(H,19,20)(H,21,22). The van der Waals surface area contributed by atoms with Crippen molar-refractivity contribution in [2.75, 3.05) is 0 Å². The van der Waals surface area contributed by atoms with Crippen LogP contribution in [0.1, 0.15) is 33.5 Å². The number of hydrogen-bond acceptors (Lipinski definition) is 2. The first-order valence-electron chi connectivity index (χ1n) is 6.96. The summed E-state index contributed by atoms with van der Waals surface area (Å²) < 4.78 is 0. The second-order valence-corrected chi connectivity index (χ2v) is 5.20. The molecule has 2 N–H and O–H groups in total. The largest absolute Gasteiger partial charge is 0.478 e. The molecule has 0 unspecified atom stereocenters. The minimum absolute atomic E-state index is 0.166. The molecule has 3 rings (SSSR count). The maximum Gasteiger partial charge on any atom is 0.335 e. The topological polar surface area (TPSA) is 74.6 Å². The Bertz CT molecular complexity index is 788. The van der Waals surface area contributed by atoms with Gasteiger partial charge in [0.25, 0.3) is 0 Å². The molecule has 0 aliphatic heterocycles. The molecule has 2 aromatic carbocycles. The van der Waals surface area contributed by atoms with Gasteiger partial charge in [-0.15, -0.1) is 0 Å². The average Bonchev–Trinajstić information content (AvgIpc) is 2.53. The first kappa shape index (κ1) is 14.1. The molecule has 0 saturated heterocycles. The van der Waals surface area contributed by atoms with E-state index in [-0.39, 0.29) is 5.56 Å². The van der Waals surface area contributed by atoms with Gasteiger partial charge in [-0.25, -0.2) is 9.59 Å². The van der Waals surface area contributed by atoms with Crippen LogP contribution in [-0.2, 0) is 11.2 Å². The number of carboxylic acids is 2. The third-order valence-electron chi connectivity index (χ3n) is 3.89. The first-order chi connectivity index (χ1) is 10.6. The quantitative estimate of drug-likeness (QED) is 0.911. The Morgan fingerprint density at radius 2 is 1.59 bits per heavy atom. The van der Waals surface area contributed by atoms with E-state index in [2.05, 4.69) is 0 Å². The molecule has 0 fully saturated rings. The van der Waals surface area contributed by atoms with Gasteiger partial charge in [0.15, 0.2) is 0 Å². The van der Waals surface area contributed by atoms with Gasteiger partial charge in [0.2, 0.25) is 0 Å². The van der Waals surface area contributed by atoms with Crippen molar-refractivity contribution < 1.29 is 19.8 Å². The zero-order valence-electron chi connectivity index (χ0n) is 11.7. The normalized spacial score (nSPS) is 13.6. The highest BCUT2D eigenvalue weighted by atomic mass is 16.4. The molecule has 2 aromatic rings. The van der Waals surface area contributed by atoms with Gasteiger partial charge in [-0.3, -0.25) is 0 Å². The van der Waals surface area contributed by atoms with Crippen LogP contribution in [0.15, 0.2) is 54.1 Å². The molecule has 0 amide bonds. The molecule has 0 radical (unpaired) electrons. The SMILES string of the molecule is O=C(O)C1=C(c2ccccc2)c2cc(C(=O)O)ccc2CC1. The lowest BCUT2D eigenvalue weighted by Gasteiger charge is -2.22. The number of carbonyl (C=O) groups is 2. The van der Waals surface area contributed by atoms with E-state index in [4.69, 9.17) is 0 Å². The predicted molar refractivity (Wildman–Crippen MR) is 81.8 cm³/mol. The Labute approximate surface area is 127 Å². The van der Waals surface area contributed by atoms with E-state index in [1.54, 1.807) is 18.2 Å². The van der Waals surface area contributed by atoms with Crippen LogP contribution >= 0.6 is 0 Å². The van der Waals surface area contributed by atoms with Crippen molar-refractivity contribution >= 4 is 17.5 Å². The number of aromatic carboxylic acids is 1. The van der Waals surface area contributed by atoms with E-state index >= 15 is 0 Å². The highest BCUT2D eigenvalue weighted by molar-refractivity contribution is 6.03. The van der Waals surface area contributed by atoms with Gasteiger partial charge in [-0.2, -0.15) is 0 Å². The van der Waals surface area contributed by atoms with Gasteiger partial charge in [0, 0.05) is 5.57 Å². The van der Waals surface area contributed by atoms with Crippen molar-refractivity contribution in [3.63, 3.8) is 0 Å². The van der Waals surface area contributed by atoms with Crippen molar-refractivity contribution in [3.8, 4) is 0 Å². The molecule has 0 saturated carbocycles. The van der Waals surface area contributed by atoms with E-state index in [1.165, 1.54) is 0 Å². The molecular formula is C18H14O4. The van der Waals surface area contributed by atoms with Gasteiger partial charge >= 0.3 is 11.9 Å². The molecule has 4 heteroatoms. The zero-order chi connectivity index (χ0) is 15.7. The van der Waals surface area contributed by atoms with Crippen molar-refractivity contribution in [2.45, 2.75) is 12.8 Å². The third kappa shape index (κ3) is 2.39. The molecule has 0 aromatic heterocycles. The number of carboxylic acid groups (broad SMARTS) is 2. The third-order valence-corrected chi connectivity index (χ3v) is 3.89. The number of rotatable bonds is 3. The Morgan fingerprint density at radius 3 is 2.23 bits per heavy atom. The highest BCUT2D eigenvalue weighted by Crippen LogP contribution is 2.36. The molecular weight excluding hydrogens is 280 g/mol. The number of aliphatic carboxylic acids is 1. The fourth-order valence-electron chi connectivity index (χ4n) is 2.86. The van der Waals surface area contributed by atoms with E-state index in [9.17, 15) is 19.8 Å². The van der Waals surface area contributed by atoms with Gasteiger partial charge in [-0.05, 0) is 47.2 Å². The first-order valence-corrected chi connectivity index (χ1v) is 6.96. The Hall–Kier alpha value is -2.88. The maximum atomic E-state index is 11.6. The fourth-order valence-corrected chi connectivity index (χ4v) is 2.86. The van der Waals surface area contributed by atoms with E-state index in [1.807, 2.05) is 30.3 Å². The second-order valence-electron chi connectivity index (χ2n) is 5.20. The summed E-state index contributed by atoms with van der Waals surface area (Å²) >= 11 is 0. The monoisotopic (exact) mass is 294 g/mol. The van der Waals surface area contributed by atoms with Crippen molar-refractivity contribution in [1.82, 2.24) is 0 Å². The summed E-state index contributed by atoms with van der Waals surface area (Å²) in [6.07, 6.45) is 1.05. The van der Waals surface area contributed by atoms with E-state index < -0.39 is 11.9 Å². The molecule has 110 valence electrons. The van der Waals surface area contributed by atoms with Crippen LogP contribution in [0.2, 0.25) is 0 Å². The molecule has 0 heterocycles. The molecule has 4 nitrogen and oxygen atoms in total. The Kier molecular flexibility index (Phi) is 3.51. The van der Waals surface area contributed by atoms with Gasteiger partial charge in [0.05, 0.1) is 5.56 Å². The van der Waals surface area contributed by atoms with Crippen molar-refractivity contribution in [2.24, 2.45) is 0 Å². The molecule has 22 heavy (non-hydrogen) atoms. The molecule has 0 spiro atoms. The number of aryl methyl sites for hydroxylation is 1. The minimum atomic E-state index is -1.02. The van der Waals surface area contributed by atoms with Crippen LogP contribution in [0.3, 0.4) is 0 Å². The van der Waals surface area contributed by atoms with Gasteiger partial charge < -0.3 is 10.2 Å². The zero-order valence-corrected chi connectivity index (χ0v) is 11.7. The summed E-state index contributed by atoms with van der Waals surface area (Å²) in [5.41, 5.74) is 3.60. The Balaban J connectivity index is 2.28. The van der Waals surface area contributed by atoms with Gasteiger partial charge in [-0.1, -0.05) is 36.4 Å². The lowest BCUT2D eigenvalue weighted by atomic mass is 9.81. The predicted octanol–water partition coefficient (Wildman–Crippen LogP) is 3.22. The minimum Gasteiger partial charge on any atom is -0.478 e. The smallest absolute Gasteiger partial charge is 0.335 e. The van der Waals surface area contributed by atoms with E-state index in [0.717, 1.165) is 11.1 Å². The van der Waals surface area contributed by atoms with Crippen molar-refractivity contribution in [1.29, 1.82) is 0 Å². The Morgan fingerprint density at radius 1 is 0.864 bits per heavy atom. The van der Waals surface area contributed by atoms with Crippen molar-refractivity contribution in [3.05, 3.63) is 76.4 Å². The van der Waals surface area contributed by atoms with Crippen LogP contribution in [0.4, 0.5) is 0 Å². The highest BCUT2D eigenvalue weighted by Gasteiger charge is 2.25. The summed E-state index contributed by atoms with van der Waals surface area (Å²) in [7, 11) is 0. The van der Waals surface area contributed by atoms with Crippen LogP contribution in [0.25, 0.3) is 5.57 Å². The summed E-state index contributed by atoms with van der Waals surface area (Å²) in [5, 5.41) is 18.7. The fraction of sp³-hybridized carbons (Fsp3) is 0.111. The lowest BCUT2D eigenvalue weighted by Crippen LogP contribution is -2.13. The average molecular weight is 294 g/mol. The maximum absolute atomic E-state index is 11.6. The van der Waals surface area contributed by atoms with Gasteiger partial charge in [0.1, 0.15) is 0 Å². The summed E-state index contributed by atoms with van der Waals surface area (Å²) in [4.78, 5) is 22.8. The van der Waals surface area contributed by atoms with Crippen LogP contribution in [-0.4, -0.2) is 22.2 Å². The molecule has 1 aliphatic carbocycles. The summed E-state index contributed by atoms with van der Waals surface area (Å²) in [6.45, 7) is 0. The molecule has 0 bridgehead atoms. The summed E-state index contributed by atoms with van der Waals surface area (Å²) in [5.74, 6) is -1.97. The molecule has 1 aliphatic rings. The number of fused-ring (bicyclic) bond motifs is 1. The van der Waals surface area contributed by atoms with Crippen LogP contribution in [0.5, 0.6) is 0 Å². The number of benzene rings is 2. The number of hydrogen-bond donors (Lipinski definition) is 2.